The summed E-state index contributed by atoms with van der Waals surface area (Å²) >= 11 is 0. The first-order chi connectivity index (χ1) is 9.65. The van der Waals surface area contributed by atoms with Crippen LogP contribution in [0.1, 0.15) is 16.8 Å². The Morgan fingerprint density at radius 2 is 2.05 bits per heavy atom. The van der Waals surface area contributed by atoms with Crippen LogP contribution in [0.3, 0.4) is 0 Å². The van der Waals surface area contributed by atoms with Crippen molar-refractivity contribution in [2.75, 3.05) is 13.1 Å². The number of benzene rings is 1. The molecule has 2 rings (SSSR count). The lowest BCUT2D eigenvalue weighted by molar-refractivity contribution is -0.133. The monoisotopic (exact) mass is 275 g/mol. The number of hydrogen-bond acceptors (Lipinski definition) is 4. The first kappa shape index (κ1) is 14.2. The van der Waals surface area contributed by atoms with Gasteiger partial charge in [-0.1, -0.05) is 18.2 Å². The molecule has 0 aliphatic carbocycles. The lowest BCUT2D eigenvalue weighted by atomic mass is 10.1. The van der Waals surface area contributed by atoms with Gasteiger partial charge in [-0.15, -0.1) is 0 Å². The van der Waals surface area contributed by atoms with E-state index < -0.39 is 6.04 Å². The van der Waals surface area contributed by atoms with Crippen molar-refractivity contribution in [1.82, 2.24) is 10.2 Å². The number of rotatable bonds is 4. The molecule has 20 heavy (non-hydrogen) atoms. The molecule has 1 saturated heterocycles. The summed E-state index contributed by atoms with van der Waals surface area (Å²) in [6.07, 6.45) is 1.15. The van der Waals surface area contributed by atoms with Gasteiger partial charge in [0.05, 0.1) is 12.6 Å². The average molecular weight is 275 g/mol. The van der Waals surface area contributed by atoms with Crippen molar-refractivity contribution in [1.29, 1.82) is 0 Å². The molecule has 0 spiro atoms. The number of carbonyl (C=O) groups excluding carboxylic acids is 3. The van der Waals surface area contributed by atoms with Crippen LogP contribution in [0.4, 0.5) is 0 Å². The number of carbonyl (C=O) groups is 3. The largest absolute Gasteiger partial charge is 0.347 e. The summed E-state index contributed by atoms with van der Waals surface area (Å²) in [5.41, 5.74) is 5.87. The number of amides is 2. The van der Waals surface area contributed by atoms with E-state index in [1.807, 2.05) is 6.07 Å². The predicted octanol–water partition coefficient (Wildman–Crippen LogP) is -0.456. The molecule has 0 aromatic heterocycles. The van der Waals surface area contributed by atoms with E-state index in [1.165, 1.54) is 4.90 Å². The van der Waals surface area contributed by atoms with Crippen LogP contribution in [-0.4, -0.2) is 48.2 Å². The molecule has 3 N–H and O–H groups in total. The van der Waals surface area contributed by atoms with Gasteiger partial charge >= 0.3 is 0 Å². The van der Waals surface area contributed by atoms with Crippen molar-refractivity contribution in [2.45, 2.75) is 18.5 Å². The van der Waals surface area contributed by atoms with Crippen molar-refractivity contribution >= 4 is 18.1 Å². The van der Waals surface area contributed by atoms with E-state index in [1.54, 1.807) is 24.3 Å². The van der Waals surface area contributed by atoms with Gasteiger partial charge < -0.3 is 20.7 Å². The molecule has 1 aliphatic heterocycles. The first-order valence-corrected chi connectivity index (χ1v) is 6.46. The van der Waals surface area contributed by atoms with Crippen LogP contribution in [-0.2, 0) is 9.59 Å². The molecule has 2 amide bonds. The third kappa shape index (κ3) is 3.03. The van der Waals surface area contributed by atoms with Crippen LogP contribution in [0.2, 0.25) is 0 Å². The van der Waals surface area contributed by atoms with Gasteiger partial charge in [-0.2, -0.15) is 0 Å². The zero-order valence-corrected chi connectivity index (χ0v) is 11.0. The van der Waals surface area contributed by atoms with Gasteiger partial charge in [0, 0.05) is 18.2 Å². The molecular formula is C14H17N3O3. The molecule has 6 nitrogen and oxygen atoms in total. The van der Waals surface area contributed by atoms with Gasteiger partial charge in [0.15, 0.2) is 0 Å². The SMILES string of the molecule is NCC(=O)N1C[C@H](NC(=O)c2ccccc2)C[C@H]1C=O. The third-order valence-corrected chi connectivity index (χ3v) is 3.37. The maximum absolute atomic E-state index is 12.0. The lowest BCUT2D eigenvalue weighted by Crippen LogP contribution is -2.42. The molecule has 6 heteroatoms. The van der Waals surface area contributed by atoms with Crippen molar-refractivity contribution in [3.63, 3.8) is 0 Å². The summed E-state index contributed by atoms with van der Waals surface area (Å²) in [4.78, 5) is 36.0. The van der Waals surface area contributed by atoms with Gasteiger partial charge in [-0.25, -0.2) is 0 Å². The molecule has 1 aromatic rings. The van der Waals surface area contributed by atoms with Gasteiger partial charge in [0.1, 0.15) is 6.29 Å². The highest BCUT2D eigenvalue weighted by Crippen LogP contribution is 2.16. The maximum Gasteiger partial charge on any atom is 0.251 e. The molecule has 0 bridgehead atoms. The van der Waals surface area contributed by atoms with Gasteiger partial charge in [0.2, 0.25) is 5.91 Å². The summed E-state index contributed by atoms with van der Waals surface area (Å²) in [6.45, 7) is 0.182. The number of nitrogens with zero attached hydrogens (tertiary/aromatic N) is 1. The average Bonchev–Trinajstić information content (AvgIpc) is 2.90. The summed E-state index contributed by atoms with van der Waals surface area (Å²) in [6, 6.07) is 8.08. The summed E-state index contributed by atoms with van der Waals surface area (Å²) in [5, 5.41) is 2.84. The van der Waals surface area contributed by atoms with E-state index >= 15 is 0 Å². The Morgan fingerprint density at radius 1 is 1.35 bits per heavy atom. The summed E-state index contributed by atoms with van der Waals surface area (Å²) in [5.74, 6) is -0.485. The van der Waals surface area contributed by atoms with E-state index in [0.717, 1.165) is 6.29 Å². The molecule has 1 aromatic carbocycles. The van der Waals surface area contributed by atoms with Crippen LogP contribution >= 0.6 is 0 Å². The molecule has 0 unspecified atom stereocenters. The molecule has 2 atom stereocenters. The fraction of sp³-hybridized carbons (Fsp3) is 0.357. The smallest absolute Gasteiger partial charge is 0.251 e. The number of nitrogens with one attached hydrogen (secondary N) is 1. The molecule has 0 saturated carbocycles. The highest BCUT2D eigenvalue weighted by molar-refractivity contribution is 5.94. The number of hydrogen-bond donors (Lipinski definition) is 2. The Morgan fingerprint density at radius 3 is 2.65 bits per heavy atom. The Balaban J connectivity index is 2.00. The Hall–Kier alpha value is -2.21. The van der Waals surface area contributed by atoms with Crippen molar-refractivity contribution < 1.29 is 14.4 Å². The molecule has 106 valence electrons. The van der Waals surface area contributed by atoms with Gasteiger partial charge in [0.25, 0.3) is 5.91 Å². The maximum atomic E-state index is 12.0. The minimum atomic E-state index is -0.507. The second-order valence-corrected chi connectivity index (χ2v) is 4.73. The van der Waals surface area contributed by atoms with E-state index in [9.17, 15) is 14.4 Å². The number of likely N-dealkylation sites (tertiary alicyclic amines) is 1. The predicted molar refractivity (Wildman–Crippen MR) is 72.9 cm³/mol. The summed E-state index contributed by atoms with van der Waals surface area (Å²) in [7, 11) is 0. The second-order valence-electron chi connectivity index (χ2n) is 4.73. The van der Waals surface area contributed by atoms with Gasteiger partial charge in [-0.3, -0.25) is 9.59 Å². The van der Waals surface area contributed by atoms with Gasteiger partial charge in [-0.05, 0) is 18.6 Å². The molecule has 1 fully saturated rings. The molecule has 1 heterocycles. The van der Waals surface area contributed by atoms with Crippen molar-refractivity contribution in [3.8, 4) is 0 Å². The zero-order chi connectivity index (χ0) is 14.5. The topological polar surface area (TPSA) is 92.5 Å². The quantitative estimate of drug-likeness (QED) is 0.727. The van der Waals surface area contributed by atoms with Crippen LogP contribution in [0.15, 0.2) is 30.3 Å². The minimum absolute atomic E-state index is 0.135. The van der Waals surface area contributed by atoms with Crippen molar-refractivity contribution in [3.05, 3.63) is 35.9 Å². The van der Waals surface area contributed by atoms with Crippen LogP contribution < -0.4 is 11.1 Å². The zero-order valence-electron chi connectivity index (χ0n) is 11.0. The van der Waals surface area contributed by atoms with Crippen molar-refractivity contribution in [2.24, 2.45) is 5.73 Å². The fourth-order valence-electron chi connectivity index (χ4n) is 2.36. The Kier molecular flexibility index (Phi) is 4.47. The Labute approximate surface area is 116 Å². The molecular weight excluding hydrogens is 258 g/mol. The third-order valence-electron chi connectivity index (χ3n) is 3.37. The van der Waals surface area contributed by atoms with E-state index in [-0.39, 0.29) is 24.4 Å². The Bertz CT molecular complexity index is 504. The van der Waals surface area contributed by atoms with E-state index in [2.05, 4.69) is 5.32 Å². The number of aldehydes is 1. The van der Waals surface area contributed by atoms with Crippen LogP contribution in [0.25, 0.3) is 0 Å². The lowest BCUT2D eigenvalue weighted by Gasteiger charge is -2.19. The normalized spacial score (nSPS) is 21.6. The highest BCUT2D eigenvalue weighted by Gasteiger charge is 2.35. The molecule has 1 aliphatic rings. The van der Waals surface area contributed by atoms with E-state index in [4.69, 9.17) is 5.73 Å². The standard InChI is InChI=1S/C14H17N3O3/c15-7-13(19)17-8-11(6-12(17)9-18)16-14(20)10-4-2-1-3-5-10/h1-5,9,11-12H,6-8,15H2,(H,16,20)/t11-,12+/m1/s1. The molecule has 0 radical (unpaired) electrons. The highest BCUT2D eigenvalue weighted by atomic mass is 16.2. The summed E-state index contributed by atoms with van der Waals surface area (Å²) < 4.78 is 0. The first-order valence-electron chi connectivity index (χ1n) is 6.46. The number of nitrogens with two attached hydrogens (primary N) is 1. The van der Waals surface area contributed by atoms with Crippen LogP contribution in [0.5, 0.6) is 0 Å². The van der Waals surface area contributed by atoms with Crippen LogP contribution in [0, 0.1) is 0 Å². The minimum Gasteiger partial charge on any atom is -0.347 e. The van der Waals surface area contributed by atoms with E-state index in [0.29, 0.717) is 18.5 Å². The fourth-order valence-corrected chi connectivity index (χ4v) is 2.36. The second kappa shape index (κ2) is 6.29.